The van der Waals surface area contributed by atoms with E-state index in [4.69, 9.17) is 5.73 Å². The summed E-state index contributed by atoms with van der Waals surface area (Å²) in [6.45, 7) is 2.01. The summed E-state index contributed by atoms with van der Waals surface area (Å²) in [5.74, 6) is -1.37. The van der Waals surface area contributed by atoms with E-state index in [1.807, 2.05) is 6.92 Å². The highest BCUT2D eigenvalue weighted by Gasteiger charge is 2.16. The maximum absolute atomic E-state index is 13.4. The SMILES string of the molecule is CCCCCS(=O)c1c(F)cc(N)cc1F. The van der Waals surface area contributed by atoms with E-state index < -0.39 is 22.4 Å². The molecule has 0 aromatic heterocycles. The first kappa shape index (κ1) is 13.1. The van der Waals surface area contributed by atoms with Crippen molar-refractivity contribution in [3.8, 4) is 0 Å². The van der Waals surface area contributed by atoms with Crippen molar-refractivity contribution in [3.63, 3.8) is 0 Å². The lowest BCUT2D eigenvalue weighted by Gasteiger charge is -2.05. The van der Waals surface area contributed by atoms with E-state index in [2.05, 4.69) is 0 Å². The first-order valence-electron chi connectivity index (χ1n) is 5.19. The standard InChI is InChI=1S/C11H15F2NOS/c1-2-3-4-5-16(15)11-9(12)6-8(14)7-10(11)13/h6-7H,2-5,14H2,1H3. The monoisotopic (exact) mass is 247 g/mol. The number of anilines is 1. The van der Waals surface area contributed by atoms with Gasteiger partial charge in [-0.05, 0) is 18.6 Å². The molecule has 1 unspecified atom stereocenters. The molecular weight excluding hydrogens is 232 g/mol. The van der Waals surface area contributed by atoms with E-state index in [1.54, 1.807) is 0 Å². The molecule has 2 nitrogen and oxygen atoms in total. The molecule has 0 heterocycles. The highest BCUT2D eigenvalue weighted by molar-refractivity contribution is 7.85. The van der Waals surface area contributed by atoms with Crippen molar-refractivity contribution in [1.29, 1.82) is 0 Å². The minimum Gasteiger partial charge on any atom is -0.399 e. The Balaban J connectivity index is 2.83. The van der Waals surface area contributed by atoms with Crippen molar-refractivity contribution >= 4 is 16.5 Å². The van der Waals surface area contributed by atoms with Gasteiger partial charge in [0.15, 0.2) is 0 Å². The zero-order valence-corrected chi connectivity index (χ0v) is 9.95. The van der Waals surface area contributed by atoms with Crippen LogP contribution >= 0.6 is 0 Å². The molecule has 0 saturated heterocycles. The Morgan fingerprint density at radius 2 is 1.81 bits per heavy atom. The molecule has 0 aliphatic carbocycles. The number of unbranched alkanes of at least 4 members (excludes halogenated alkanes) is 2. The summed E-state index contributed by atoms with van der Waals surface area (Å²) >= 11 is 0. The number of nitrogens with two attached hydrogens (primary N) is 1. The lowest BCUT2D eigenvalue weighted by molar-refractivity contribution is 0.535. The summed E-state index contributed by atoms with van der Waals surface area (Å²) in [5, 5.41) is 0. The van der Waals surface area contributed by atoms with Gasteiger partial charge in [0.25, 0.3) is 0 Å². The van der Waals surface area contributed by atoms with Gasteiger partial charge in [-0.25, -0.2) is 8.78 Å². The van der Waals surface area contributed by atoms with Crippen molar-refractivity contribution in [2.45, 2.75) is 31.1 Å². The molecule has 1 rings (SSSR count). The molecule has 1 atom stereocenters. The molecule has 0 fully saturated rings. The third-order valence-electron chi connectivity index (χ3n) is 2.18. The Kier molecular flexibility index (Phi) is 4.86. The molecule has 16 heavy (non-hydrogen) atoms. The first-order valence-corrected chi connectivity index (χ1v) is 6.51. The summed E-state index contributed by atoms with van der Waals surface area (Å²) in [6, 6.07) is 1.99. The summed E-state index contributed by atoms with van der Waals surface area (Å²) in [6.07, 6.45) is 2.58. The smallest absolute Gasteiger partial charge is 0.144 e. The number of nitrogen functional groups attached to an aromatic ring is 1. The highest BCUT2D eigenvalue weighted by atomic mass is 32.2. The van der Waals surface area contributed by atoms with Gasteiger partial charge in [-0.1, -0.05) is 19.8 Å². The van der Waals surface area contributed by atoms with Crippen molar-refractivity contribution < 1.29 is 13.0 Å². The molecule has 90 valence electrons. The normalized spacial score (nSPS) is 12.7. The quantitative estimate of drug-likeness (QED) is 0.642. The molecule has 2 N–H and O–H groups in total. The lowest BCUT2D eigenvalue weighted by Crippen LogP contribution is -2.05. The van der Waals surface area contributed by atoms with Gasteiger partial charge in [-0.3, -0.25) is 4.21 Å². The molecule has 0 saturated carbocycles. The summed E-state index contributed by atoms with van der Waals surface area (Å²) in [4.78, 5) is -0.356. The van der Waals surface area contributed by atoms with Crippen molar-refractivity contribution in [2.75, 3.05) is 11.5 Å². The number of hydrogen-bond acceptors (Lipinski definition) is 2. The van der Waals surface area contributed by atoms with Crippen LogP contribution in [0, 0.1) is 11.6 Å². The zero-order chi connectivity index (χ0) is 12.1. The van der Waals surface area contributed by atoms with E-state index in [-0.39, 0.29) is 16.3 Å². The number of rotatable bonds is 5. The van der Waals surface area contributed by atoms with Crippen molar-refractivity contribution in [3.05, 3.63) is 23.8 Å². The number of benzene rings is 1. The third kappa shape index (κ3) is 3.27. The molecule has 0 aliphatic heterocycles. The fourth-order valence-electron chi connectivity index (χ4n) is 1.38. The molecule has 1 aromatic carbocycles. The Hall–Kier alpha value is -0.970. The summed E-state index contributed by atoms with van der Waals surface area (Å²) in [5.41, 5.74) is 5.28. The van der Waals surface area contributed by atoms with Crippen LogP contribution in [-0.4, -0.2) is 9.96 Å². The average molecular weight is 247 g/mol. The molecular formula is C11H15F2NOS. The van der Waals surface area contributed by atoms with E-state index in [9.17, 15) is 13.0 Å². The van der Waals surface area contributed by atoms with Crippen LogP contribution in [0.25, 0.3) is 0 Å². The van der Waals surface area contributed by atoms with Crippen LogP contribution in [0.5, 0.6) is 0 Å². The second kappa shape index (κ2) is 5.94. The Bertz CT molecular complexity index is 373. The van der Waals surface area contributed by atoms with Crippen LogP contribution in [0.3, 0.4) is 0 Å². The molecule has 0 spiro atoms. The van der Waals surface area contributed by atoms with Crippen LogP contribution in [0.1, 0.15) is 26.2 Å². The minimum atomic E-state index is -1.62. The molecule has 0 radical (unpaired) electrons. The van der Waals surface area contributed by atoms with Gasteiger partial charge in [0.05, 0.1) is 10.8 Å². The zero-order valence-electron chi connectivity index (χ0n) is 9.13. The van der Waals surface area contributed by atoms with Crippen molar-refractivity contribution in [2.24, 2.45) is 0 Å². The van der Waals surface area contributed by atoms with Gasteiger partial charge in [0.2, 0.25) is 0 Å². The molecule has 0 bridgehead atoms. The van der Waals surface area contributed by atoms with Crippen LogP contribution in [-0.2, 0) is 10.8 Å². The predicted molar refractivity (Wildman–Crippen MR) is 61.6 cm³/mol. The molecule has 5 heteroatoms. The molecule has 1 aromatic rings. The fraction of sp³-hybridized carbons (Fsp3) is 0.455. The predicted octanol–water partition coefficient (Wildman–Crippen LogP) is 2.84. The summed E-state index contributed by atoms with van der Waals surface area (Å²) in [7, 11) is -1.62. The van der Waals surface area contributed by atoms with Crippen LogP contribution in [0.15, 0.2) is 17.0 Å². The Labute approximate surface area is 96.3 Å². The maximum atomic E-state index is 13.4. The topological polar surface area (TPSA) is 43.1 Å². The maximum Gasteiger partial charge on any atom is 0.144 e. The molecule has 0 aliphatic rings. The second-order valence-electron chi connectivity index (χ2n) is 3.57. The Morgan fingerprint density at radius 1 is 1.25 bits per heavy atom. The van der Waals surface area contributed by atoms with Crippen LogP contribution < -0.4 is 5.73 Å². The van der Waals surface area contributed by atoms with E-state index >= 15 is 0 Å². The molecule has 0 amide bonds. The van der Waals surface area contributed by atoms with E-state index in [0.29, 0.717) is 6.42 Å². The van der Waals surface area contributed by atoms with E-state index in [0.717, 1.165) is 25.0 Å². The van der Waals surface area contributed by atoms with E-state index in [1.165, 1.54) is 0 Å². The number of hydrogen-bond donors (Lipinski definition) is 1. The van der Waals surface area contributed by atoms with Crippen LogP contribution in [0.4, 0.5) is 14.5 Å². The second-order valence-corrected chi connectivity index (χ2v) is 5.08. The van der Waals surface area contributed by atoms with Gasteiger partial charge in [0, 0.05) is 11.4 Å². The first-order chi connectivity index (χ1) is 7.56. The van der Waals surface area contributed by atoms with Gasteiger partial charge in [0.1, 0.15) is 16.5 Å². The number of halogens is 2. The minimum absolute atomic E-state index is 0.00399. The van der Waals surface area contributed by atoms with Gasteiger partial charge in [-0.2, -0.15) is 0 Å². The average Bonchev–Trinajstić information content (AvgIpc) is 2.16. The highest BCUT2D eigenvalue weighted by Crippen LogP contribution is 2.21. The Morgan fingerprint density at radius 3 is 2.31 bits per heavy atom. The van der Waals surface area contributed by atoms with Gasteiger partial charge < -0.3 is 5.73 Å². The van der Waals surface area contributed by atoms with Crippen molar-refractivity contribution in [1.82, 2.24) is 0 Å². The summed E-state index contributed by atoms with van der Waals surface area (Å²) < 4.78 is 38.4. The largest absolute Gasteiger partial charge is 0.399 e. The third-order valence-corrected chi connectivity index (χ3v) is 3.69. The fourth-order valence-corrected chi connectivity index (χ4v) is 2.61. The van der Waals surface area contributed by atoms with Gasteiger partial charge >= 0.3 is 0 Å². The van der Waals surface area contributed by atoms with Gasteiger partial charge in [-0.15, -0.1) is 0 Å². The lowest BCUT2D eigenvalue weighted by atomic mass is 10.3. The van der Waals surface area contributed by atoms with Crippen LogP contribution in [0.2, 0.25) is 0 Å².